The minimum atomic E-state index is 0. The smallest absolute Gasteiger partial charge is 0.191 e. The largest absolute Gasteiger partial charge is 0.494 e. The van der Waals surface area contributed by atoms with Crippen molar-refractivity contribution in [3.05, 3.63) is 23.3 Å². The number of fused-ring (bicyclic) bond motifs is 1. The SMILES string of the molecule is CCOc1cc2c(cc1CNC(=NC)NCCOCCOC)OC(C)C2.I. The van der Waals surface area contributed by atoms with Crippen molar-refractivity contribution < 1.29 is 18.9 Å². The summed E-state index contributed by atoms with van der Waals surface area (Å²) in [5.41, 5.74) is 2.26. The molecule has 0 fully saturated rings. The molecule has 1 aliphatic rings. The normalized spacial score (nSPS) is 15.6. The zero-order valence-corrected chi connectivity index (χ0v) is 19.0. The third-order valence-electron chi connectivity index (χ3n) is 4.02. The number of ether oxygens (including phenoxy) is 4. The van der Waals surface area contributed by atoms with E-state index < -0.39 is 0 Å². The number of guanidine groups is 1. The Kier molecular flexibility index (Phi) is 11.5. The molecule has 0 saturated carbocycles. The van der Waals surface area contributed by atoms with Crippen LogP contribution in [0.25, 0.3) is 0 Å². The lowest BCUT2D eigenvalue weighted by molar-refractivity contribution is 0.0733. The number of hydrogen-bond donors (Lipinski definition) is 2. The highest BCUT2D eigenvalue weighted by atomic mass is 127. The summed E-state index contributed by atoms with van der Waals surface area (Å²) in [5, 5.41) is 6.54. The van der Waals surface area contributed by atoms with Crippen LogP contribution in [-0.4, -0.2) is 59.2 Å². The zero-order chi connectivity index (χ0) is 18.8. The van der Waals surface area contributed by atoms with Gasteiger partial charge in [0.15, 0.2) is 5.96 Å². The van der Waals surface area contributed by atoms with E-state index in [1.165, 1.54) is 5.56 Å². The molecule has 0 aromatic heterocycles. The molecule has 27 heavy (non-hydrogen) atoms. The summed E-state index contributed by atoms with van der Waals surface area (Å²) in [7, 11) is 3.41. The van der Waals surface area contributed by atoms with Gasteiger partial charge in [0.1, 0.15) is 17.6 Å². The van der Waals surface area contributed by atoms with Crippen molar-refractivity contribution in [2.45, 2.75) is 32.9 Å². The van der Waals surface area contributed by atoms with Crippen molar-refractivity contribution in [2.75, 3.05) is 47.1 Å². The highest BCUT2D eigenvalue weighted by Crippen LogP contribution is 2.35. The second kappa shape index (κ2) is 13.0. The second-order valence-electron chi connectivity index (χ2n) is 6.09. The van der Waals surface area contributed by atoms with Gasteiger partial charge >= 0.3 is 0 Å². The van der Waals surface area contributed by atoms with E-state index in [4.69, 9.17) is 18.9 Å². The Morgan fingerprint density at radius 2 is 2.07 bits per heavy atom. The van der Waals surface area contributed by atoms with Crippen LogP contribution in [0.15, 0.2) is 17.1 Å². The Bertz CT molecular complexity index is 599. The molecule has 8 heteroatoms. The highest BCUT2D eigenvalue weighted by molar-refractivity contribution is 14.0. The van der Waals surface area contributed by atoms with E-state index in [1.807, 2.05) is 6.92 Å². The number of aliphatic imine (C=N–C) groups is 1. The molecule has 0 saturated heterocycles. The summed E-state index contributed by atoms with van der Waals surface area (Å²) < 4.78 is 22.1. The predicted octanol–water partition coefficient (Wildman–Crippen LogP) is 2.35. The molecule has 0 aliphatic carbocycles. The molecule has 2 N–H and O–H groups in total. The van der Waals surface area contributed by atoms with E-state index >= 15 is 0 Å². The molecule has 1 heterocycles. The molecule has 154 valence electrons. The van der Waals surface area contributed by atoms with Gasteiger partial charge in [-0.15, -0.1) is 24.0 Å². The van der Waals surface area contributed by atoms with Gasteiger partial charge in [0, 0.05) is 44.8 Å². The average molecular weight is 493 g/mol. The molecule has 1 unspecified atom stereocenters. The number of nitrogens with zero attached hydrogens (tertiary/aromatic N) is 1. The zero-order valence-electron chi connectivity index (χ0n) is 16.7. The number of methoxy groups -OCH3 is 1. The van der Waals surface area contributed by atoms with Crippen molar-refractivity contribution in [3.63, 3.8) is 0 Å². The maximum Gasteiger partial charge on any atom is 0.191 e. The van der Waals surface area contributed by atoms with E-state index in [1.54, 1.807) is 14.2 Å². The van der Waals surface area contributed by atoms with Gasteiger partial charge in [-0.1, -0.05) is 0 Å². The molecule has 7 nitrogen and oxygen atoms in total. The number of halogens is 1. The van der Waals surface area contributed by atoms with Gasteiger partial charge in [-0.3, -0.25) is 4.99 Å². The lowest BCUT2D eigenvalue weighted by atomic mass is 10.1. The Morgan fingerprint density at radius 3 is 2.78 bits per heavy atom. The molecule has 0 radical (unpaired) electrons. The maximum atomic E-state index is 5.87. The summed E-state index contributed by atoms with van der Waals surface area (Å²) in [6, 6.07) is 4.16. The van der Waals surface area contributed by atoms with Crippen molar-refractivity contribution in [1.82, 2.24) is 10.6 Å². The second-order valence-corrected chi connectivity index (χ2v) is 6.09. The third-order valence-corrected chi connectivity index (χ3v) is 4.02. The van der Waals surface area contributed by atoms with Crippen LogP contribution in [-0.2, 0) is 22.4 Å². The number of nitrogens with one attached hydrogen (secondary N) is 2. The van der Waals surface area contributed by atoms with Gasteiger partial charge in [-0.2, -0.15) is 0 Å². The van der Waals surface area contributed by atoms with Crippen LogP contribution in [0.1, 0.15) is 25.0 Å². The van der Waals surface area contributed by atoms with E-state index in [-0.39, 0.29) is 30.1 Å². The summed E-state index contributed by atoms with van der Waals surface area (Å²) in [6.07, 6.45) is 1.14. The third kappa shape index (κ3) is 7.71. The first kappa shape index (κ1) is 23.8. The molecule has 0 bridgehead atoms. The number of benzene rings is 1. The number of hydrogen-bond acceptors (Lipinski definition) is 5. The van der Waals surface area contributed by atoms with Gasteiger partial charge in [0.2, 0.25) is 0 Å². The Morgan fingerprint density at radius 1 is 1.26 bits per heavy atom. The molecule has 2 rings (SSSR count). The first-order chi connectivity index (χ1) is 12.7. The molecule has 1 aliphatic heterocycles. The van der Waals surface area contributed by atoms with Crippen molar-refractivity contribution >= 4 is 29.9 Å². The lowest BCUT2D eigenvalue weighted by Crippen LogP contribution is -2.38. The van der Waals surface area contributed by atoms with Crippen LogP contribution in [0, 0.1) is 0 Å². The minimum absolute atomic E-state index is 0. The van der Waals surface area contributed by atoms with Gasteiger partial charge in [-0.05, 0) is 26.0 Å². The summed E-state index contributed by atoms with van der Waals surface area (Å²) >= 11 is 0. The molecular formula is C19H32IN3O4. The maximum absolute atomic E-state index is 5.87. The van der Waals surface area contributed by atoms with Crippen molar-refractivity contribution in [3.8, 4) is 11.5 Å². The summed E-state index contributed by atoms with van der Waals surface area (Å²) in [6.45, 7) is 7.78. The topological polar surface area (TPSA) is 73.3 Å². The van der Waals surface area contributed by atoms with Gasteiger partial charge in [0.25, 0.3) is 0 Å². The summed E-state index contributed by atoms with van der Waals surface area (Å²) in [5.74, 6) is 2.57. The van der Waals surface area contributed by atoms with Crippen LogP contribution in [0.5, 0.6) is 11.5 Å². The van der Waals surface area contributed by atoms with Gasteiger partial charge < -0.3 is 29.6 Å². The van der Waals surface area contributed by atoms with Crippen LogP contribution < -0.4 is 20.1 Å². The predicted molar refractivity (Wildman–Crippen MR) is 118 cm³/mol. The quantitative estimate of drug-likeness (QED) is 0.226. The van der Waals surface area contributed by atoms with E-state index in [9.17, 15) is 0 Å². The van der Waals surface area contributed by atoms with Crippen LogP contribution in [0.3, 0.4) is 0 Å². The van der Waals surface area contributed by atoms with E-state index in [0.717, 1.165) is 29.4 Å². The van der Waals surface area contributed by atoms with Gasteiger partial charge in [0.05, 0.1) is 26.4 Å². The average Bonchev–Trinajstić information content (AvgIpc) is 2.99. The molecule has 1 aromatic rings. The fraction of sp³-hybridized carbons (Fsp3) is 0.632. The fourth-order valence-electron chi connectivity index (χ4n) is 2.79. The Hall–Kier alpha value is -1.26. The lowest BCUT2D eigenvalue weighted by Gasteiger charge is -2.15. The monoisotopic (exact) mass is 493 g/mol. The van der Waals surface area contributed by atoms with Crippen LogP contribution >= 0.6 is 24.0 Å². The fourth-order valence-corrected chi connectivity index (χ4v) is 2.79. The highest BCUT2D eigenvalue weighted by Gasteiger charge is 2.21. The Labute approximate surface area is 179 Å². The molecule has 1 aromatic carbocycles. The number of rotatable bonds is 10. The van der Waals surface area contributed by atoms with E-state index in [0.29, 0.717) is 39.5 Å². The Balaban J connectivity index is 0.00000364. The van der Waals surface area contributed by atoms with Crippen molar-refractivity contribution in [1.29, 1.82) is 0 Å². The molecule has 0 spiro atoms. The molecular weight excluding hydrogens is 461 g/mol. The summed E-state index contributed by atoms with van der Waals surface area (Å²) in [4.78, 5) is 4.24. The van der Waals surface area contributed by atoms with Gasteiger partial charge in [-0.25, -0.2) is 0 Å². The standard InChI is InChI=1S/C19H31N3O4.HI/c1-5-25-17-11-15-10-14(2)26-18(15)12-16(17)13-22-19(20-3)21-6-7-24-9-8-23-4;/h11-12,14H,5-10,13H2,1-4H3,(H2,20,21,22);1H. The first-order valence-electron chi connectivity index (χ1n) is 9.14. The molecule has 1 atom stereocenters. The van der Waals surface area contributed by atoms with Crippen LogP contribution in [0.4, 0.5) is 0 Å². The molecule has 0 amide bonds. The first-order valence-corrected chi connectivity index (χ1v) is 9.14. The van der Waals surface area contributed by atoms with Crippen molar-refractivity contribution in [2.24, 2.45) is 4.99 Å². The van der Waals surface area contributed by atoms with E-state index in [2.05, 4.69) is 34.7 Å². The minimum Gasteiger partial charge on any atom is -0.494 e. The van der Waals surface area contributed by atoms with Crippen LogP contribution in [0.2, 0.25) is 0 Å².